The van der Waals surface area contributed by atoms with E-state index in [1.54, 1.807) is 0 Å². The van der Waals surface area contributed by atoms with Gasteiger partial charge in [-0.2, -0.15) is 0 Å². The van der Waals surface area contributed by atoms with Crippen molar-refractivity contribution in [1.29, 1.82) is 0 Å². The topological polar surface area (TPSA) is 0 Å². The van der Waals surface area contributed by atoms with Crippen LogP contribution in [0.4, 0.5) is 0 Å². The molecule has 2 heteroatoms. The molecule has 0 atom stereocenters. The van der Waals surface area contributed by atoms with Gasteiger partial charge in [-0.15, -0.1) is 0 Å². The molecule has 0 unspecified atom stereocenters. The van der Waals surface area contributed by atoms with E-state index in [1.807, 2.05) is 0 Å². The first kappa shape index (κ1) is 19.5. The molecule has 0 aliphatic rings. The van der Waals surface area contributed by atoms with Gasteiger partial charge in [-0.1, -0.05) is 0 Å². The van der Waals surface area contributed by atoms with E-state index in [4.69, 9.17) is 0 Å². The average Bonchev–Trinajstić information content (AvgIpc) is 2.76. The molecule has 0 saturated heterocycles. The van der Waals surface area contributed by atoms with Crippen LogP contribution in [-0.2, 0) is 0 Å². The summed E-state index contributed by atoms with van der Waals surface area (Å²) in [5.41, 5.74) is 2.74. The second kappa shape index (κ2) is 8.66. The predicted molar refractivity (Wildman–Crippen MR) is 126 cm³/mol. The van der Waals surface area contributed by atoms with E-state index in [0.29, 0.717) is 0 Å². The quantitative estimate of drug-likeness (QED) is 0.300. The molecule has 0 heterocycles. The third kappa shape index (κ3) is 3.70. The first-order valence-electron chi connectivity index (χ1n) is 9.63. The number of hydrogen-bond donors (Lipinski definition) is 0. The van der Waals surface area contributed by atoms with Gasteiger partial charge in [0.2, 0.25) is 0 Å². The molecule has 28 heavy (non-hydrogen) atoms. The van der Waals surface area contributed by atoms with Crippen molar-refractivity contribution in [1.82, 2.24) is 0 Å². The van der Waals surface area contributed by atoms with Crippen LogP contribution in [0.2, 0.25) is 0 Å². The zero-order chi connectivity index (χ0) is 19.4. The van der Waals surface area contributed by atoms with Crippen LogP contribution >= 0.6 is 8.31 Å². The van der Waals surface area contributed by atoms with Gasteiger partial charge in [0.1, 0.15) is 0 Å². The molecule has 0 radical (unpaired) electrons. The monoisotopic (exact) mass is 576 g/mol. The van der Waals surface area contributed by atoms with E-state index >= 15 is 0 Å². The summed E-state index contributed by atoms with van der Waals surface area (Å²) in [5.74, 6) is 0. The molecule has 0 amide bonds. The molecule has 0 spiro atoms. The summed E-state index contributed by atoms with van der Waals surface area (Å²) in [5, 5.41) is 0. The van der Waals surface area contributed by atoms with Gasteiger partial charge < -0.3 is 0 Å². The van der Waals surface area contributed by atoms with Crippen molar-refractivity contribution in [2.24, 2.45) is 0 Å². The Morgan fingerprint density at radius 2 is 0.821 bits per heavy atom. The summed E-state index contributed by atoms with van der Waals surface area (Å²) in [6.07, 6.45) is 0. The van der Waals surface area contributed by atoms with Crippen molar-refractivity contribution in [2.75, 3.05) is 0 Å². The Hall–Kier alpha value is -1.85. The van der Waals surface area contributed by atoms with Crippen molar-refractivity contribution in [2.45, 2.75) is 18.7 Å². The van der Waals surface area contributed by atoms with Crippen molar-refractivity contribution < 1.29 is 0 Å². The second-order valence-electron chi connectivity index (χ2n) is 7.10. The van der Waals surface area contributed by atoms with Crippen LogP contribution in [0.15, 0.2) is 114 Å². The van der Waals surface area contributed by atoms with Gasteiger partial charge in [-0.05, 0) is 0 Å². The fraction of sp³-hybridized carbons (Fsp3) is 0.0769. The van der Waals surface area contributed by atoms with Crippen molar-refractivity contribution in [3.63, 3.8) is 0 Å². The van der Waals surface area contributed by atoms with Gasteiger partial charge in [0.05, 0.1) is 0 Å². The van der Waals surface area contributed by atoms with Crippen molar-refractivity contribution >= 4 is 37.4 Å². The van der Waals surface area contributed by atoms with Crippen LogP contribution in [0.3, 0.4) is 0 Å². The minimum atomic E-state index is -3.51. The zero-order valence-electron chi connectivity index (χ0n) is 16.3. The number of hydrogen-bond acceptors (Lipinski definition) is 1. The van der Waals surface area contributed by atoms with Gasteiger partial charge in [0, 0.05) is 0 Å². The molecule has 138 valence electrons. The van der Waals surface area contributed by atoms with E-state index in [9.17, 15) is 0 Å². The van der Waals surface area contributed by atoms with Crippen LogP contribution < -0.4 is 9.37 Å². The molecule has 0 N–H and O–H groups in total. The van der Waals surface area contributed by atoms with Crippen LogP contribution in [0.5, 0.6) is 0 Å². The summed E-state index contributed by atoms with van der Waals surface area (Å²) in [6, 6.07) is 40.3. The standard InChI is InChI=1S/C8H10S.3C6H5.Pb/c1-6-4-3-5-7(2)8(6)9;3*1-2-4-6-5-3-1;/h3-5,9H,1-2H3;3*1-5H;/q;;;;+1/p-1. The van der Waals surface area contributed by atoms with Crippen LogP contribution in [-0.4, -0.2) is 19.7 Å². The molecule has 0 aliphatic carbocycles. The van der Waals surface area contributed by atoms with Crippen molar-refractivity contribution in [3.8, 4) is 0 Å². The van der Waals surface area contributed by atoms with E-state index in [1.165, 1.54) is 25.4 Å². The fourth-order valence-electron chi connectivity index (χ4n) is 3.81. The second-order valence-corrected chi connectivity index (χ2v) is 27.5. The molecule has 0 fully saturated rings. The maximum absolute atomic E-state index is 3.51. The summed E-state index contributed by atoms with van der Waals surface area (Å²) in [4.78, 5) is 1.45. The zero-order valence-corrected chi connectivity index (χ0v) is 21.0. The van der Waals surface area contributed by atoms with Gasteiger partial charge in [-0.25, -0.2) is 0 Å². The molecule has 0 aromatic heterocycles. The van der Waals surface area contributed by atoms with E-state index in [2.05, 4.69) is 131 Å². The molecule has 4 aromatic rings. The first-order chi connectivity index (χ1) is 13.7. The SMILES string of the molecule is Cc1cccc(C)c1[S][Pb]([c]1ccccc1)([c]1ccccc1)[c]1ccccc1. The number of rotatable bonds is 5. The van der Waals surface area contributed by atoms with E-state index < -0.39 is 19.7 Å². The predicted octanol–water partition coefficient (Wildman–Crippen LogP) is 5.06. The molecule has 0 nitrogen and oxygen atoms in total. The van der Waals surface area contributed by atoms with E-state index in [0.717, 1.165) is 0 Å². The number of aryl methyl sites for hydroxylation is 2. The Morgan fingerprint density at radius 3 is 1.18 bits per heavy atom. The maximum atomic E-state index is 2.35. The fourth-order valence-corrected chi connectivity index (χ4v) is 31.6. The molecule has 4 aromatic carbocycles. The Kier molecular flexibility index (Phi) is 6.02. The molecule has 0 saturated carbocycles. The van der Waals surface area contributed by atoms with Crippen molar-refractivity contribution in [3.05, 3.63) is 120 Å². The molecule has 4 rings (SSSR count). The molecular weight excluding hydrogens is 552 g/mol. The first-order valence-corrected chi connectivity index (χ1v) is 21.0. The van der Waals surface area contributed by atoms with Gasteiger partial charge in [0.25, 0.3) is 0 Å². The summed E-state index contributed by atoms with van der Waals surface area (Å²) in [7, 11) is 2.17. The summed E-state index contributed by atoms with van der Waals surface area (Å²) >= 11 is -3.51. The van der Waals surface area contributed by atoms with Gasteiger partial charge >= 0.3 is 176 Å². The van der Waals surface area contributed by atoms with Gasteiger partial charge in [-0.3, -0.25) is 0 Å². The Bertz CT molecular complexity index is 927. The molecule has 0 bridgehead atoms. The van der Waals surface area contributed by atoms with E-state index in [-0.39, 0.29) is 0 Å². The molecule has 0 aliphatic heterocycles. The third-order valence-electron chi connectivity index (χ3n) is 5.20. The average molecular weight is 576 g/mol. The van der Waals surface area contributed by atoms with Crippen LogP contribution in [0.1, 0.15) is 11.1 Å². The Balaban J connectivity index is 2.04. The summed E-state index contributed by atoms with van der Waals surface area (Å²) < 4.78 is 4.54. The Labute approximate surface area is 175 Å². The Morgan fingerprint density at radius 1 is 0.464 bits per heavy atom. The minimum absolute atomic E-state index is 1.37. The van der Waals surface area contributed by atoms with Gasteiger partial charge in [0.15, 0.2) is 0 Å². The normalized spacial score (nSPS) is 11.4. The molecular formula is C26H24PbS. The van der Waals surface area contributed by atoms with Crippen LogP contribution in [0.25, 0.3) is 0 Å². The summed E-state index contributed by atoms with van der Waals surface area (Å²) in [6.45, 7) is 4.49. The number of benzene rings is 4. The third-order valence-corrected chi connectivity index (χ3v) is 31.9. The van der Waals surface area contributed by atoms with Crippen LogP contribution in [0, 0.1) is 13.8 Å².